The van der Waals surface area contributed by atoms with Gasteiger partial charge in [0.05, 0.1) is 5.69 Å². The van der Waals surface area contributed by atoms with E-state index < -0.39 is 0 Å². The van der Waals surface area contributed by atoms with Crippen molar-refractivity contribution in [3.8, 4) is 0 Å². The predicted octanol–water partition coefficient (Wildman–Crippen LogP) is 2.62. The molecule has 0 aliphatic carbocycles. The molecule has 1 rings (SSSR count). The smallest absolute Gasteiger partial charge is 0.247 e. The number of hydrogen-bond donors (Lipinski definition) is 1. The number of amides is 1. The second kappa shape index (κ2) is 4.39. The highest BCUT2D eigenvalue weighted by atomic mass is 79.9. The number of aromatic nitrogens is 1. The second-order valence-electron chi connectivity index (χ2n) is 2.19. The normalized spacial score (nSPS) is 9.38. The monoisotopic (exact) mass is 260 g/mol. The van der Waals surface area contributed by atoms with E-state index in [2.05, 4.69) is 32.8 Å². The van der Waals surface area contributed by atoms with Crippen molar-refractivity contribution in [2.45, 2.75) is 0 Å². The number of rotatable bonds is 2. The minimum Gasteiger partial charge on any atom is -0.320 e. The molecule has 0 saturated heterocycles. The van der Waals surface area contributed by atoms with Crippen molar-refractivity contribution in [2.24, 2.45) is 0 Å². The first-order chi connectivity index (χ1) is 6.13. The van der Waals surface area contributed by atoms with Crippen molar-refractivity contribution in [2.75, 3.05) is 5.32 Å². The average Bonchev–Trinajstić information content (AvgIpc) is 2.11. The van der Waals surface area contributed by atoms with Gasteiger partial charge in [0.1, 0.15) is 0 Å². The summed E-state index contributed by atoms with van der Waals surface area (Å²) in [5.74, 6) is -0.318. The van der Waals surface area contributed by atoms with Crippen LogP contribution in [-0.2, 0) is 4.79 Å². The van der Waals surface area contributed by atoms with Crippen LogP contribution in [0.3, 0.4) is 0 Å². The zero-order valence-corrected chi connectivity index (χ0v) is 8.89. The lowest BCUT2D eigenvalue weighted by Gasteiger charge is -2.03. The Morgan fingerprint density at radius 1 is 1.77 bits per heavy atom. The van der Waals surface area contributed by atoms with Crippen LogP contribution in [-0.4, -0.2) is 10.9 Å². The standard InChI is InChI=1S/C8H6BrClN2O/c1-2-7(13)12-6-3-5(9)4-11-8(6)10/h2-4H,1H2,(H,12,13). The molecule has 0 saturated carbocycles. The van der Waals surface area contributed by atoms with Gasteiger partial charge in [0.15, 0.2) is 5.15 Å². The summed E-state index contributed by atoms with van der Waals surface area (Å²) in [6.07, 6.45) is 2.71. The molecule has 5 heteroatoms. The summed E-state index contributed by atoms with van der Waals surface area (Å²) in [5.41, 5.74) is 0.459. The largest absolute Gasteiger partial charge is 0.320 e. The lowest BCUT2D eigenvalue weighted by Crippen LogP contribution is -2.08. The number of hydrogen-bond acceptors (Lipinski definition) is 2. The second-order valence-corrected chi connectivity index (χ2v) is 3.46. The average molecular weight is 262 g/mol. The van der Waals surface area contributed by atoms with E-state index >= 15 is 0 Å². The highest BCUT2D eigenvalue weighted by molar-refractivity contribution is 9.10. The van der Waals surface area contributed by atoms with Gasteiger partial charge in [-0.25, -0.2) is 4.98 Å². The SMILES string of the molecule is C=CC(=O)Nc1cc(Br)cnc1Cl. The maximum absolute atomic E-state index is 10.9. The van der Waals surface area contributed by atoms with Crippen LogP contribution < -0.4 is 5.32 Å². The van der Waals surface area contributed by atoms with E-state index in [9.17, 15) is 4.79 Å². The Hall–Kier alpha value is -0.870. The molecular formula is C8H6BrClN2O. The molecule has 3 nitrogen and oxygen atoms in total. The van der Waals surface area contributed by atoms with E-state index in [1.54, 1.807) is 12.3 Å². The van der Waals surface area contributed by atoms with Gasteiger partial charge in [-0.3, -0.25) is 4.79 Å². The molecule has 0 aromatic carbocycles. The van der Waals surface area contributed by atoms with Crippen LogP contribution in [0.2, 0.25) is 5.15 Å². The molecular weight excluding hydrogens is 255 g/mol. The lowest BCUT2D eigenvalue weighted by atomic mass is 10.4. The fourth-order valence-corrected chi connectivity index (χ4v) is 1.18. The Morgan fingerprint density at radius 2 is 2.46 bits per heavy atom. The van der Waals surface area contributed by atoms with E-state index in [1.807, 2.05) is 0 Å². The maximum Gasteiger partial charge on any atom is 0.247 e. The van der Waals surface area contributed by atoms with Crippen LogP contribution in [0.5, 0.6) is 0 Å². The topological polar surface area (TPSA) is 42.0 Å². The lowest BCUT2D eigenvalue weighted by molar-refractivity contribution is -0.111. The summed E-state index contributed by atoms with van der Waals surface area (Å²) in [5, 5.41) is 2.77. The van der Waals surface area contributed by atoms with Crippen molar-refractivity contribution in [3.63, 3.8) is 0 Å². The Morgan fingerprint density at radius 3 is 3.08 bits per heavy atom. The highest BCUT2D eigenvalue weighted by Crippen LogP contribution is 2.22. The minimum absolute atomic E-state index is 0.249. The van der Waals surface area contributed by atoms with Crippen LogP contribution in [0, 0.1) is 0 Å². The van der Waals surface area contributed by atoms with Crippen LogP contribution in [0.15, 0.2) is 29.4 Å². The number of halogens is 2. The Balaban J connectivity index is 2.93. The van der Waals surface area contributed by atoms with E-state index in [0.29, 0.717) is 5.69 Å². The maximum atomic E-state index is 10.9. The van der Waals surface area contributed by atoms with E-state index in [1.165, 1.54) is 0 Å². The molecule has 0 spiro atoms. The number of nitrogens with zero attached hydrogens (tertiary/aromatic N) is 1. The molecule has 13 heavy (non-hydrogen) atoms. The fraction of sp³-hybridized carbons (Fsp3) is 0. The molecule has 1 heterocycles. The van der Waals surface area contributed by atoms with Gasteiger partial charge in [-0.15, -0.1) is 0 Å². The first-order valence-electron chi connectivity index (χ1n) is 3.38. The molecule has 0 aliphatic rings. The van der Waals surface area contributed by atoms with Gasteiger partial charge in [0.25, 0.3) is 0 Å². The van der Waals surface area contributed by atoms with Gasteiger partial charge in [-0.1, -0.05) is 18.2 Å². The van der Waals surface area contributed by atoms with Crippen LogP contribution >= 0.6 is 27.5 Å². The fourth-order valence-electron chi connectivity index (χ4n) is 0.694. The van der Waals surface area contributed by atoms with Crippen molar-refractivity contribution in [1.82, 2.24) is 4.98 Å². The van der Waals surface area contributed by atoms with E-state index in [0.717, 1.165) is 10.5 Å². The highest BCUT2D eigenvalue weighted by Gasteiger charge is 2.03. The zero-order chi connectivity index (χ0) is 9.84. The van der Waals surface area contributed by atoms with Crippen LogP contribution in [0.4, 0.5) is 5.69 Å². The molecule has 1 amide bonds. The summed E-state index contributed by atoms with van der Waals surface area (Å²) < 4.78 is 0.747. The Labute approximate surface area is 88.9 Å². The molecule has 0 aliphatic heterocycles. The summed E-state index contributed by atoms with van der Waals surface area (Å²) in [4.78, 5) is 14.7. The molecule has 68 valence electrons. The van der Waals surface area contributed by atoms with Gasteiger partial charge in [0.2, 0.25) is 5.91 Å². The Bertz CT molecular complexity index is 354. The van der Waals surface area contributed by atoms with Crippen LogP contribution in [0.25, 0.3) is 0 Å². The molecule has 1 aromatic rings. The van der Waals surface area contributed by atoms with E-state index in [4.69, 9.17) is 11.6 Å². The number of pyridine rings is 1. The zero-order valence-electron chi connectivity index (χ0n) is 6.55. The Kier molecular flexibility index (Phi) is 3.45. The van der Waals surface area contributed by atoms with Gasteiger partial charge in [-0.2, -0.15) is 0 Å². The summed E-state index contributed by atoms with van der Waals surface area (Å²) in [7, 11) is 0. The van der Waals surface area contributed by atoms with Crippen molar-refractivity contribution in [3.05, 3.63) is 34.5 Å². The summed E-state index contributed by atoms with van der Waals surface area (Å²) >= 11 is 8.93. The molecule has 0 radical (unpaired) electrons. The molecule has 0 atom stereocenters. The minimum atomic E-state index is -0.318. The number of carbonyl (C=O) groups is 1. The third-order valence-electron chi connectivity index (χ3n) is 1.25. The molecule has 0 bridgehead atoms. The van der Waals surface area contributed by atoms with Gasteiger partial charge < -0.3 is 5.32 Å². The third-order valence-corrected chi connectivity index (χ3v) is 1.98. The van der Waals surface area contributed by atoms with E-state index in [-0.39, 0.29) is 11.1 Å². The summed E-state index contributed by atoms with van der Waals surface area (Å²) in [6.45, 7) is 3.32. The van der Waals surface area contributed by atoms with Gasteiger partial charge in [-0.05, 0) is 28.1 Å². The number of anilines is 1. The molecule has 1 N–H and O–H groups in total. The summed E-state index contributed by atoms with van der Waals surface area (Å²) in [6, 6.07) is 1.66. The first-order valence-corrected chi connectivity index (χ1v) is 4.55. The predicted molar refractivity (Wildman–Crippen MR) is 55.8 cm³/mol. The quantitative estimate of drug-likeness (QED) is 0.657. The van der Waals surface area contributed by atoms with Gasteiger partial charge in [0, 0.05) is 10.7 Å². The van der Waals surface area contributed by atoms with Crippen molar-refractivity contribution in [1.29, 1.82) is 0 Å². The van der Waals surface area contributed by atoms with Crippen molar-refractivity contribution < 1.29 is 4.79 Å². The first kappa shape index (κ1) is 10.2. The van der Waals surface area contributed by atoms with Gasteiger partial charge >= 0.3 is 0 Å². The van der Waals surface area contributed by atoms with Crippen molar-refractivity contribution >= 4 is 39.1 Å². The molecule has 1 aromatic heterocycles. The van der Waals surface area contributed by atoms with Crippen LogP contribution in [0.1, 0.15) is 0 Å². The molecule has 0 fully saturated rings. The number of nitrogens with one attached hydrogen (secondary N) is 1. The third kappa shape index (κ3) is 2.82. The molecule has 0 unspecified atom stereocenters. The number of carbonyl (C=O) groups excluding carboxylic acids is 1.